The van der Waals surface area contributed by atoms with Gasteiger partial charge in [0.1, 0.15) is 11.8 Å². The molecule has 2 atom stereocenters. The third-order valence-electron chi connectivity index (χ3n) is 4.91. The number of hydrogen-bond donors (Lipinski definition) is 2. The number of rotatable bonds is 9. The molecular weight excluding hydrogens is 344 g/mol. The van der Waals surface area contributed by atoms with Gasteiger partial charge in [0.2, 0.25) is 5.91 Å². The van der Waals surface area contributed by atoms with E-state index in [0.717, 1.165) is 28.5 Å². The van der Waals surface area contributed by atoms with E-state index in [1.807, 2.05) is 50.2 Å². The summed E-state index contributed by atoms with van der Waals surface area (Å²) in [6.07, 6.45) is 0.732. The van der Waals surface area contributed by atoms with E-state index in [1.165, 1.54) is 0 Å². The number of nitrogens with zero attached hydrogens (tertiary/aromatic N) is 1. The summed E-state index contributed by atoms with van der Waals surface area (Å²) in [5.74, 6) is -0.301. The molecule has 0 aromatic heterocycles. The van der Waals surface area contributed by atoms with Gasteiger partial charge in [-0.1, -0.05) is 38.5 Å². The maximum atomic E-state index is 12.4. The predicted octanol–water partition coefficient (Wildman–Crippen LogP) is 2.90. The SMILES string of the molecule is CC[C@H](C)[C@H](NCC(=O)N(C)Cc1ccc2cc(OC)ccc2c1)C(=O)O. The van der Waals surface area contributed by atoms with Crippen LogP contribution in [0.1, 0.15) is 25.8 Å². The lowest BCUT2D eigenvalue weighted by atomic mass is 9.99. The van der Waals surface area contributed by atoms with Crippen LogP contribution in [0.5, 0.6) is 5.75 Å². The number of carbonyl (C=O) groups is 2. The van der Waals surface area contributed by atoms with Crippen LogP contribution in [0.2, 0.25) is 0 Å². The van der Waals surface area contributed by atoms with Crippen LogP contribution in [-0.2, 0) is 16.1 Å². The van der Waals surface area contributed by atoms with Crippen molar-refractivity contribution in [2.24, 2.45) is 5.92 Å². The van der Waals surface area contributed by atoms with Crippen LogP contribution < -0.4 is 10.1 Å². The van der Waals surface area contributed by atoms with Gasteiger partial charge in [-0.3, -0.25) is 14.9 Å². The monoisotopic (exact) mass is 372 g/mol. The zero-order valence-electron chi connectivity index (χ0n) is 16.4. The van der Waals surface area contributed by atoms with Crippen molar-refractivity contribution < 1.29 is 19.4 Å². The fourth-order valence-corrected chi connectivity index (χ4v) is 2.96. The van der Waals surface area contributed by atoms with Crippen molar-refractivity contribution in [1.82, 2.24) is 10.2 Å². The van der Waals surface area contributed by atoms with E-state index in [1.54, 1.807) is 19.1 Å². The zero-order valence-corrected chi connectivity index (χ0v) is 16.4. The third kappa shape index (κ3) is 5.44. The summed E-state index contributed by atoms with van der Waals surface area (Å²) in [5.41, 5.74) is 1.01. The first-order chi connectivity index (χ1) is 12.8. The summed E-state index contributed by atoms with van der Waals surface area (Å²) in [6, 6.07) is 11.2. The number of ether oxygens (including phenoxy) is 1. The Labute approximate surface area is 160 Å². The maximum absolute atomic E-state index is 12.4. The summed E-state index contributed by atoms with van der Waals surface area (Å²) in [5, 5.41) is 14.3. The van der Waals surface area contributed by atoms with Gasteiger partial charge in [0.15, 0.2) is 0 Å². The Hall–Kier alpha value is -2.60. The lowest BCUT2D eigenvalue weighted by molar-refractivity contribution is -0.141. The Balaban J connectivity index is 1.99. The minimum atomic E-state index is -0.926. The van der Waals surface area contributed by atoms with E-state index in [9.17, 15) is 14.7 Å². The fraction of sp³-hybridized carbons (Fsp3) is 0.429. The number of methoxy groups -OCH3 is 1. The number of benzene rings is 2. The molecule has 27 heavy (non-hydrogen) atoms. The molecule has 2 aromatic carbocycles. The second-order valence-electron chi connectivity index (χ2n) is 6.88. The topological polar surface area (TPSA) is 78.9 Å². The first-order valence-electron chi connectivity index (χ1n) is 9.12. The number of nitrogens with one attached hydrogen (secondary N) is 1. The summed E-state index contributed by atoms with van der Waals surface area (Å²) < 4.78 is 5.23. The number of carbonyl (C=O) groups excluding carboxylic acids is 1. The smallest absolute Gasteiger partial charge is 0.320 e. The van der Waals surface area contributed by atoms with Gasteiger partial charge in [-0.2, -0.15) is 0 Å². The molecule has 1 amide bonds. The van der Waals surface area contributed by atoms with Crippen molar-refractivity contribution in [2.45, 2.75) is 32.9 Å². The van der Waals surface area contributed by atoms with Crippen molar-refractivity contribution in [2.75, 3.05) is 20.7 Å². The fourth-order valence-electron chi connectivity index (χ4n) is 2.96. The van der Waals surface area contributed by atoms with Crippen molar-refractivity contribution in [3.63, 3.8) is 0 Å². The average molecular weight is 372 g/mol. The quantitative estimate of drug-likeness (QED) is 0.708. The van der Waals surface area contributed by atoms with Gasteiger partial charge in [0.05, 0.1) is 13.7 Å². The van der Waals surface area contributed by atoms with E-state index in [4.69, 9.17) is 4.74 Å². The normalized spacial score (nSPS) is 13.2. The number of likely N-dealkylation sites (N-methyl/N-ethyl adjacent to an activating group) is 1. The molecule has 6 heteroatoms. The lowest BCUT2D eigenvalue weighted by Crippen LogP contribution is -2.46. The molecule has 0 bridgehead atoms. The number of hydrogen-bond acceptors (Lipinski definition) is 4. The molecule has 0 saturated heterocycles. The van der Waals surface area contributed by atoms with Crippen LogP contribution in [0, 0.1) is 5.92 Å². The number of fused-ring (bicyclic) bond motifs is 1. The van der Waals surface area contributed by atoms with Gasteiger partial charge in [-0.15, -0.1) is 0 Å². The molecule has 0 aliphatic carbocycles. The maximum Gasteiger partial charge on any atom is 0.320 e. The summed E-state index contributed by atoms with van der Waals surface area (Å²) in [6.45, 7) is 4.27. The highest BCUT2D eigenvalue weighted by molar-refractivity contribution is 5.85. The molecular formula is C21H28N2O4. The molecule has 6 nitrogen and oxygen atoms in total. The summed E-state index contributed by atoms with van der Waals surface area (Å²) in [4.78, 5) is 25.3. The standard InChI is InChI=1S/C21H28N2O4/c1-5-14(2)20(21(25)26)22-12-19(24)23(3)13-15-6-7-17-11-18(27-4)9-8-16(17)10-15/h6-11,14,20,22H,5,12-13H2,1-4H3,(H,25,26)/t14-,20-/m0/s1. The summed E-state index contributed by atoms with van der Waals surface area (Å²) >= 11 is 0. The van der Waals surface area contributed by atoms with Crippen LogP contribution >= 0.6 is 0 Å². The highest BCUT2D eigenvalue weighted by Crippen LogP contribution is 2.22. The minimum absolute atomic E-state index is 0.00257. The van der Waals surface area contributed by atoms with Crippen molar-refractivity contribution in [1.29, 1.82) is 0 Å². The zero-order chi connectivity index (χ0) is 20.0. The molecule has 0 radical (unpaired) electrons. The van der Waals surface area contributed by atoms with Gasteiger partial charge in [0.25, 0.3) is 0 Å². The molecule has 0 heterocycles. The molecule has 0 fully saturated rings. The molecule has 146 valence electrons. The second-order valence-corrected chi connectivity index (χ2v) is 6.88. The van der Waals surface area contributed by atoms with Gasteiger partial charge < -0.3 is 14.7 Å². The Kier molecular flexibility index (Phi) is 7.19. The summed E-state index contributed by atoms with van der Waals surface area (Å²) in [7, 11) is 3.36. The number of carboxylic acid groups (broad SMARTS) is 1. The van der Waals surface area contributed by atoms with Crippen molar-refractivity contribution in [3.05, 3.63) is 42.0 Å². The van der Waals surface area contributed by atoms with Gasteiger partial charge in [-0.05, 0) is 40.5 Å². The predicted molar refractivity (Wildman–Crippen MR) is 106 cm³/mol. The first-order valence-corrected chi connectivity index (χ1v) is 9.12. The number of amides is 1. The van der Waals surface area contributed by atoms with Gasteiger partial charge in [-0.25, -0.2) is 0 Å². The highest BCUT2D eigenvalue weighted by Gasteiger charge is 2.24. The van der Waals surface area contributed by atoms with Crippen LogP contribution in [0.15, 0.2) is 36.4 Å². The molecule has 0 saturated carbocycles. The number of carboxylic acids is 1. The third-order valence-corrected chi connectivity index (χ3v) is 4.91. The second kappa shape index (κ2) is 9.37. The van der Waals surface area contributed by atoms with Crippen molar-refractivity contribution in [3.8, 4) is 5.75 Å². The lowest BCUT2D eigenvalue weighted by Gasteiger charge is -2.22. The number of aliphatic carboxylic acids is 1. The molecule has 0 unspecified atom stereocenters. The van der Waals surface area contributed by atoms with Gasteiger partial charge in [0, 0.05) is 13.6 Å². The average Bonchev–Trinajstić information content (AvgIpc) is 2.66. The van der Waals surface area contributed by atoms with E-state index < -0.39 is 12.0 Å². The molecule has 0 aliphatic rings. The Morgan fingerprint density at radius 2 is 1.85 bits per heavy atom. The minimum Gasteiger partial charge on any atom is -0.497 e. The van der Waals surface area contributed by atoms with Crippen LogP contribution in [-0.4, -0.2) is 48.6 Å². The van der Waals surface area contributed by atoms with E-state index in [-0.39, 0.29) is 18.4 Å². The highest BCUT2D eigenvalue weighted by atomic mass is 16.5. The van der Waals surface area contributed by atoms with Crippen LogP contribution in [0.3, 0.4) is 0 Å². The van der Waals surface area contributed by atoms with E-state index in [2.05, 4.69) is 5.32 Å². The Morgan fingerprint density at radius 3 is 2.48 bits per heavy atom. The Bertz CT molecular complexity index is 806. The molecule has 0 aliphatic heterocycles. The van der Waals surface area contributed by atoms with Gasteiger partial charge >= 0.3 is 5.97 Å². The first kappa shape index (κ1) is 20.7. The molecule has 2 N–H and O–H groups in total. The van der Waals surface area contributed by atoms with Crippen LogP contribution in [0.4, 0.5) is 0 Å². The molecule has 0 spiro atoms. The van der Waals surface area contributed by atoms with E-state index in [0.29, 0.717) is 6.54 Å². The van der Waals surface area contributed by atoms with Crippen LogP contribution in [0.25, 0.3) is 10.8 Å². The Morgan fingerprint density at radius 1 is 1.19 bits per heavy atom. The van der Waals surface area contributed by atoms with E-state index >= 15 is 0 Å². The largest absolute Gasteiger partial charge is 0.497 e. The molecule has 2 rings (SSSR count). The van der Waals surface area contributed by atoms with Crippen molar-refractivity contribution >= 4 is 22.6 Å². The molecule has 2 aromatic rings.